The molecule has 1 saturated carbocycles. The van der Waals surface area contributed by atoms with Crippen molar-refractivity contribution in [1.29, 1.82) is 0 Å². The van der Waals surface area contributed by atoms with Crippen LogP contribution in [0.1, 0.15) is 63.8 Å². The molecule has 1 aliphatic heterocycles. The van der Waals surface area contributed by atoms with E-state index in [9.17, 15) is 5.11 Å². The monoisotopic (exact) mass is 348 g/mol. The summed E-state index contributed by atoms with van der Waals surface area (Å²) in [4.78, 5) is 5.25. The summed E-state index contributed by atoms with van der Waals surface area (Å²) in [6.07, 6.45) is 8.79. The highest BCUT2D eigenvalue weighted by Gasteiger charge is 2.32. The Morgan fingerprint density at radius 2 is 2.04 bits per heavy atom. The lowest BCUT2D eigenvalue weighted by Crippen LogP contribution is -2.56. The standard InChI is InChI=1S/C20H36N4O/c1-16(2)12-17-13-18(22-21-17)14-23-9-10-24(20(15-23)8-11-25)19-6-4-3-5-7-19/h13,16,19-20,25H,3-12,14-15H2,1-2H3,(H,21,22). The molecule has 2 fully saturated rings. The fourth-order valence-corrected chi connectivity index (χ4v) is 4.63. The van der Waals surface area contributed by atoms with Crippen LogP contribution in [0.5, 0.6) is 0 Å². The van der Waals surface area contributed by atoms with Crippen molar-refractivity contribution in [3.63, 3.8) is 0 Å². The van der Waals surface area contributed by atoms with Crippen LogP contribution in [0.15, 0.2) is 6.07 Å². The maximum absolute atomic E-state index is 9.54. The van der Waals surface area contributed by atoms with Crippen LogP contribution < -0.4 is 0 Å². The molecule has 142 valence electrons. The summed E-state index contributed by atoms with van der Waals surface area (Å²) in [5.41, 5.74) is 2.40. The zero-order valence-electron chi connectivity index (χ0n) is 16.1. The summed E-state index contributed by atoms with van der Waals surface area (Å²) in [6.45, 7) is 9.04. The number of nitrogens with one attached hydrogen (secondary N) is 1. The van der Waals surface area contributed by atoms with E-state index < -0.39 is 0 Å². The van der Waals surface area contributed by atoms with E-state index >= 15 is 0 Å². The summed E-state index contributed by atoms with van der Waals surface area (Å²) >= 11 is 0. The van der Waals surface area contributed by atoms with E-state index in [2.05, 4.69) is 39.9 Å². The Labute approximate surface area is 152 Å². The van der Waals surface area contributed by atoms with Crippen LogP contribution >= 0.6 is 0 Å². The molecular weight excluding hydrogens is 312 g/mol. The Bertz CT molecular complexity index is 510. The van der Waals surface area contributed by atoms with Gasteiger partial charge in [-0.3, -0.25) is 14.9 Å². The molecule has 2 heterocycles. The molecule has 0 bridgehead atoms. The van der Waals surface area contributed by atoms with E-state index in [1.165, 1.54) is 43.5 Å². The van der Waals surface area contributed by atoms with E-state index in [1.54, 1.807) is 0 Å². The van der Waals surface area contributed by atoms with E-state index in [4.69, 9.17) is 0 Å². The van der Waals surface area contributed by atoms with Crippen LogP contribution in [0.25, 0.3) is 0 Å². The van der Waals surface area contributed by atoms with Crippen LogP contribution in [-0.4, -0.2) is 63.4 Å². The minimum atomic E-state index is 0.296. The van der Waals surface area contributed by atoms with Crippen LogP contribution in [0.2, 0.25) is 0 Å². The highest BCUT2D eigenvalue weighted by atomic mass is 16.3. The molecule has 0 spiro atoms. The first-order valence-electron chi connectivity index (χ1n) is 10.3. The number of aromatic amines is 1. The Kier molecular flexibility index (Phi) is 6.91. The number of piperazine rings is 1. The molecule has 2 N–H and O–H groups in total. The van der Waals surface area contributed by atoms with Crippen LogP contribution in [0, 0.1) is 5.92 Å². The third-order valence-electron chi connectivity index (χ3n) is 5.81. The van der Waals surface area contributed by atoms with Crippen molar-refractivity contribution in [2.24, 2.45) is 5.92 Å². The third-order valence-corrected chi connectivity index (χ3v) is 5.81. The summed E-state index contributed by atoms with van der Waals surface area (Å²) < 4.78 is 0. The molecule has 1 aromatic heterocycles. The van der Waals surface area contributed by atoms with Gasteiger partial charge in [0.15, 0.2) is 0 Å². The van der Waals surface area contributed by atoms with E-state index in [0.717, 1.165) is 45.1 Å². The van der Waals surface area contributed by atoms with E-state index in [0.29, 0.717) is 18.6 Å². The minimum absolute atomic E-state index is 0.296. The van der Waals surface area contributed by atoms with Gasteiger partial charge in [0, 0.05) is 50.6 Å². The molecule has 2 aliphatic rings. The summed E-state index contributed by atoms with van der Waals surface area (Å²) in [7, 11) is 0. The van der Waals surface area contributed by atoms with E-state index in [1.807, 2.05) is 0 Å². The molecule has 3 rings (SSSR count). The van der Waals surface area contributed by atoms with Crippen LogP contribution in [0.3, 0.4) is 0 Å². The molecule has 1 atom stereocenters. The largest absolute Gasteiger partial charge is 0.396 e. The van der Waals surface area contributed by atoms with Crippen molar-refractivity contribution in [2.45, 2.75) is 77.4 Å². The smallest absolute Gasteiger partial charge is 0.0628 e. The lowest BCUT2D eigenvalue weighted by Gasteiger charge is -2.46. The third kappa shape index (κ3) is 5.28. The van der Waals surface area contributed by atoms with Crippen molar-refractivity contribution < 1.29 is 5.11 Å². The maximum Gasteiger partial charge on any atom is 0.0628 e. The SMILES string of the molecule is CC(C)Cc1cc(CN2CCN(C3CCCCC3)C(CCO)C2)[nH]n1. The first-order chi connectivity index (χ1) is 12.2. The maximum atomic E-state index is 9.54. The number of aliphatic hydroxyl groups excluding tert-OH is 1. The molecule has 5 heteroatoms. The van der Waals surface area contributed by atoms with Gasteiger partial charge in [-0.25, -0.2) is 0 Å². The predicted octanol–water partition coefficient (Wildman–Crippen LogP) is 2.81. The zero-order chi connectivity index (χ0) is 17.6. The fourth-order valence-electron chi connectivity index (χ4n) is 4.63. The van der Waals surface area contributed by atoms with Crippen LogP contribution in [0.4, 0.5) is 0 Å². The normalized spacial score (nSPS) is 24.2. The lowest BCUT2D eigenvalue weighted by atomic mass is 9.92. The van der Waals surface area contributed by atoms with Gasteiger partial charge >= 0.3 is 0 Å². The Morgan fingerprint density at radius 3 is 2.76 bits per heavy atom. The van der Waals surface area contributed by atoms with Crippen molar-refractivity contribution in [3.05, 3.63) is 17.5 Å². The van der Waals surface area contributed by atoms with Gasteiger partial charge in [-0.15, -0.1) is 0 Å². The van der Waals surface area contributed by atoms with Crippen molar-refractivity contribution in [3.8, 4) is 0 Å². The molecular formula is C20H36N4O. The molecule has 0 aromatic carbocycles. The average molecular weight is 349 g/mol. The second kappa shape index (κ2) is 9.15. The number of H-pyrrole nitrogens is 1. The molecule has 0 amide bonds. The van der Waals surface area contributed by atoms with Gasteiger partial charge in [-0.1, -0.05) is 33.1 Å². The number of nitrogens with zero attached hydrogens (tertiary/aromatic N) is 3. The molecule has 1 saturated heterocycles. The Balaban J connectivity index is 1.56. The second-order valence-corrected chi connectivity index (χ2v) is 8.41. The van der Waals surface area contributed by atoms with Crippen molar-refractivity contribution in [2.75, 3.05) is 26.2 Å². The van der Waals surface area contributed by atoms with Gasteiger partial charge in [0.25, 0.3) is 0 Å². The molecule has 0 radical (unpaired) electrons. The number of hydrogen-bond acceptors (Lipinski definition) is 4. The van der Waals surface area contributed by atoms with Crippen molar-refractivity contribution in [1.82, 2.24) is 20.0 Å². The van der Waals surface area contributed by atoms with Gasteiger partial charge in [0.2, 0.25) is 0 Å². The number of aliphatic hydroxyl groups is 1. The van der Waals surface area contributed by atoms with Gasteiger partial charge in [0.1, 0.15) is 0 Å². The summed E-state index contributed by atoms with van der Waals surface area (Å²) in [6, 6.07) is 3.48. The molecule has 1 unspecified atom stereocenters. The quantitative estimate of drug-likeness (QED) is 0.795. The van der Waals surface area contributed by atoms with Gasteiger partial charge in [-0.2, -0.15) is 5.10 Å². The van der Waals surface area contributed by atoms with Crippen LogP contribution in [-0.2, 0) is 13.0 Å². The number of hydrogen-bond donors (Lipinski definition) is 2. The number of aromatic nitrogens is 2. The van der Waals surface area contributed by atoms with Crippen molar-refractivity contribution >= 4 is 0 Å². The Morgan fingerprint density at radius 1 is 1.24 bits per heavy atom. The topological polar surface area (TPSA) is 55.4 Å². The second-order valence-electron chi connectivity index (χ2n) is 8.41. The highest BCUT2D eigenvalue weighted by molar-refractivity contribution is 5.09. The number of rotatable bonds is 7. The first kappa shape index (κ1) is 18.9. The van der Waals surface area contributed by atoms with E-state index in [-0.39, 0.29) is 0 Å². The predicted molar refractivity (Wildman–Crippen MR) is 101 cm³/mol. The molecule has 25 heavy (non-hydrogen) atoms. The van der Waals surface area contributed by atoms with Gasteiger partial charge in [0.05, 0.1) is 5.69 Å². The van der Waals surface area contributed by atoms with Gasteiger partial charge < -0.3 is 5.11 Å². The Hall–Kier alpha value is -0.910. The fraction of sp³-hybridized carbons (Fsp3) is 0.850. The first-order valence-corrected chi connectivity index (χ1v) is 10.3. The lowest BCUT2D eigenvalue weighted by molar-refractivity contribution is 0.0133. The minimum Gasteiger partial charge on any atom is -0.396 e. The molecule has 1 aliphatic carbocycles. The molecule has 1 aromatic rings. The summed E-state index contributed by atoms with van der Waals surface area (Å²) in [5, 5.41) is 17.2. The molecule has 5 nitrogen and oxygen atoms in total. The highest BCUT2D eigenvalue weighted by Crippen LogP contribution is 2.27. The average Bonchev–Trinajstić information content (AvgIpc) is 3.02. The van der Waals surface area contributed by atoms with Gasteiger partial charge in [-0.05, 0) is 37.7 Å². The summed E-state index contributed by atoms with van der Waals surface area (Å²) in [5.74, 6) is 0.643. The zero-order valence-corrected chi connectivity index (χ0v) is 16.1.